The van der Waals surface area contributed by atoms with Gasteiger partial charge in [-0.15, -0.1) is 5.10 Å². The number of hydrogen-bond donors (Lipinski definition) is 2. The standard InChI is InChI=1S/C17H17ClFN5O2/c1-2-25-16-8-11(9-20-17-21-23-24-22-17)6-7-15(16)26-10-12-13(18)4-3-5-14(12)19/h3-8H,2,9-10H2,1H3,(H2,20,21,22,23,24). The highest BCUT2D eigenvalue weighted by Crippen LogP contribution is 2.30. The molecule has 1 heterocycles. The molecule has 3 rings (SSSR count). The minimum atomic E-state index is -0.406. The van der Waals surface area contributed by atoms with Crippen molar-refractivity contribution in [3.63, 3.8) is 0 Å². The number of ether oxygens (including phenoxy) is 2. The van der Waals surface area contributed by atoms with Crippen LogP contribution >= 0.6 is 11.6 Å². The molecule has 0 fully saturated rings. The van der Waals surface area contributed by atoms with E-state index >= 15 is 0 Å². The first-order valence-corrected chi connectivity index (χ1v) is 8.34. The van der Waals surface area contributed by atoms with E-state index in [4.69, 9.17) is 21.1 Å². The van der Waals surface area contributed by atoms with Gasteiger partial charge in [-0.3, -0.25) is 0 Å². The number of hydrogen-bond acceptors (Lipinski definition) is 6. The second-order valence-corrected chi connectivity index (χ2v) is 5.70. The maximum atomic E-state index is 13.9. The first kappa shape index (κ1) is 17.9. The molecule has 0 aliphatic carbocycles. The lowest BCUT2D eigenvalue weighted by atomic mass is 10.2. The molecule has 3 aromatic rings. The molecule has 0 bridgehead atoms. The van der Waals surface area contributed by atoms with Crippen molar-refractivity contribution in [3.05, 3.63) is 58.4 Å². The number of rotatable bonds is 8. The first-order valence-electron chi connectivity index (χ1n) is 7.96. The Labute approximate surface area is 154 Å². The van der Waals surface area contributed by atoms with Gasteiger partial charge >= 0.3 is 0 Å². The predicted molar refractivity (Wildman–Crippen MR) is 94.9 cm³/mol. The first-order chi connectivity index (χ1) is 12.7. The summed E-state index contributed by atoms with van der Waals surface area (Å²) in [7, 11) is 0. The number of halogens is 2. The summed E-state index contributed by atoms with van der Waals surface area (Å²) >= 11 is 6.03. The Morgan fingerprint density at radius 1 is 1.19 bits per heavy atom. The van der Waals surface area contributed by atoms with Crippen LogP contribution in [0.3, 0.4) is 0 Å². The predicted octanol–water partition coefficient (Wildman–Crippen LogP) is 3.58. The number of tetrazole rings is 1. The molecule has 0 aliphatic heterocycles. The third-order valence-electron chi connectivity index (χ3n) is 3.54. The maximum absolute atomic E-state index is 13.9. The molecular weight excluding hydrogens is 361 g/mol. The average Bonchev–Trinajstić information content (AvgIpc) is 3.15. The Hall–Kier alpha value is -2.87. The highest BCUT2D eigenvalue weighted by atomic mass is 35.5. The van der Waals surface area contributed by atoms with Gasteiger partial charge in [0, 0.05) is 12.1 Å². The number of benzene rings is 2. The second kappa shape index (κ2) is 8.48. The Balaban J connectivity index is 1.71. The van der Waals surface area contributed by atoms with Gasteiger partial charge in [0.05, 0.1) is 11.6 Å². The van der Waals surface area contributed by atoms with Gasteiger partial charge in [-0.25, -0.2) is 4.39 Å². The summed E-state index contributed by atoms with van der Waals surface area (Å²) in [5, 5.41) is 16.8. The molecule has 1 aromatic heterocycles. The van der Waals surface area contributed by atoms with Crippen LogP contribution in [0.5, 0.6) is 11.5 Å². The van der Waals surface area contributed by atoms with E-state index in [1.54, 1.807) is 18.2 Å². The maximum Gasteiger partial charge on any atom is 0.263 e. The fourth-order valence-corrected chi connectivity index (χ4v) is 2.51. The van der Waals surface area contributed by atoms with E-state index in [1.165, 1.54) is 6.07 Å². The van der Waals surface area contributed by atoms with Gasteiger partial charge < -0.3 is 14.8 Å². The lowest BCUT2D eigenvalue weighted by Gasteiger charge is -2.14. The monoisotopic (exact) mass is 377 g/mol. The Kier molecular flexibility index (Phi) is 5.85. The number of aromatic amines is 1. The summed E-state index contributed by atoms with van der Waals surface area (Å²) in [6, 6.07) is 10.0. The quantitative estimate of drug-likeness (QED) is 0.624. The van der Waals surface area contributed by atoms with Gasteiger partial charge in [0.1, 0.15) is 12.4 Å². The van der Waals surface area contributed by atoms with Gasteiger partial charge in [0.15, 0.2) is 11.5 Å². The van der Waals surface area contributed by atoms with Crippen molar-refractivity contribution in [2.45, 2.75) is 20.1 Å². The van der Waals surface area contributed by atoms with Crippen molar-refractivity contribution in [2.75, 3.05) is 11.9 Å². The Morgan fingerprint density at radius 2 is 2.08 bits per heavy atom. The third kappa shape index (κ3) is 4.40. The molecule has 2 N–H and O–H groups in total. The highest BCUT2D eigenvalue weighted by Gasteiger charge is 2.11. The van der Waals surface area contributed by atoms with Crippen molar-refractivity contribution in [1.29, 1.82) is 0 Å². The molecule has 0 radical (unpaired) electrons. The molecule has 2 aromatic carbocycles. The Morgan fingerprint density at radius 3 is 2.81 bits per heavy atom. The zero-order chi connectivity index (χ0) is 18.4. The molecule has 9 heteroatoms. The number of H-pyrrole nitrogens is 1. The van der Waals surface area contributed by atoms with Crippen LogP contribution in [0.4, 0.5) is 10.3 Å². The van der Waals surface area contributed by atoms with Gasteiger partial charge in [0.25, 0.3) is 5.95 Å². The molecule has 0 spiro atoms. The molecule has 0 aliphatic rings. The van der Waals surface area contributed by atoms with Crippen LogP contribution in [-0.2, 0) is 13.2 Å². The smallest absolute Gasteiger partial charge is 0.263 e. The fourth-order valence-electron chi connectivity index (χ4n) is 2.29. The number of nitrogens with one attached hydrogen (secondary N) is 2. The average molecular weight is 378 g/mol. The zero-order valence-corrected chi connectivity index (χ0v) is 14.8. The SMILES string of the molecule is CCOc1cc(CNc2nn[nH]n2)ccc1OCc1c(F)cccc1Cl. The molecule has 136 valence electrons. The molecular formula is C17H17ClFN5O2. The van der Waals surface area contributed by atoms with Crippen LogP contribution in [0.2, 0.25) is 5.02 Å². The lowest BCUT2D eigenvalue weighted by Crippen LogP contribution is -2.04. The van der Waals surface area contributed by atoms with E-state index in [1.807, 2.05) is 19.1 Å². The van der Waals surface area contributed by atoms with Crippen LogP contribution in [0.25, 0.3) is 0 Å². The number of nitrogens with zero attached hydrogens (tertiary/aromatic N) is 3. The molecule has 0 saturated heterocycles. The largest absolute Gasteiger partial charge is 0.490 e. The highest BCUT2D eigenvalue weighted by molar-refractivity contribution is 6.31. The van der Waals surface area contributed by atoms with Gasteiger partial charge in [-0.05, 0) is 42.0 Å². The zero-order valence-electron chi connectivity index (χ0n) is 14.0. The molecule has 7 nitrogen and oxygen atoms in total. The van der Waals surface area contributed by atoms with E-state index in [9.17, 15) is 4.39 Å². The van der Waals surface area contributed by atoms with Gasteiger partial charge in [0.2, 0.25) is 0 Å². The molecule has 0 unspecified atom stereocenters. The van der Waals surface area contributed by atoms with E-state index in [-0.39, 0.29) is 6.61 Å². The molecule has 0 amide bonds. The van der Waals surface area contributed by atoms with Crippen LogP contribution in [0.15, 0.2) is 36.4 Å². The fraction of sp³-hybridized carbons (Fsp3) is 0.235. The topological polar surface area (TPSA) is 85.0 Å². The number of anilines is 1. The molecule has 0 saturated carbocycles. The minimum Gasteiger partial charge on any atom is -0.490 e. The van der Waals surface area contributed by atoms with Gasteiger partial charge in [-0.2, -0.15) is 5.21 Å². The third-order valence-corrected chi connectivity index (χ3v) is 3.89. The van der Waals surface area contributed by atoms with E-state index in [0.717, 1.165) is 5.56 Å². The number of aromatic nitrogens is 4. The lowest BCUT2D eigenvalue weighted by molar-refractivity contribution is 0.265. The van der Waals surface area contributed by atoms with Crippen LogP contribution in [-0.4, -0.2) is 27.2 Å². The van der Waals surface area contributed by atoms with Crippen LogP contribution in [0.1, 0.15) is 18.1 Å². The summed E-state index contributed by atoms with van der Waals surface area (Å²) < 4.78 is 25.2. The molecule has 26 heavy (non-hydrogen) atoms. The van der Waals surface area contributed by atoms with Crippen LogP contribution in [0, 0.1) is 5.82 Å². The summed E-state index contributed by atoms with van der Waals surface area (Å²) in [6.07, 6.45) is 0. The van der Waals surface area contributed by atoms with E-state index < -0.39 is 5.82 Å². The van der Waals surface area contributed by atoms with E-state index in [2.05, 4.69) is 25.9 Å². The van der Waals surface area contributed by atoms with Crippen LogP contribution < -0.4 is 14.8 Å². The van der Waals surface area contributed by atoms with Gasteiger partial charge in [-0.1, -0.05) is 28.8 Å². The van der Waals surface area contributed by atoms with Crippen molar-refractivity contribution >= 4 is 17.5 Å². The van der Waals surface area contributed by atoms with Crippen molar-refractivity contribution in [2.24, 2.45) is 0 Å². The second-order valence-electron chi connectivity index (χ2n) is 5.29. The molecule has 0 atom stereocenters. The Bertz CT molecular complexity index is 840. The summed E-state index contributed by atoms with van der Waals surface area (Å²) in [6.45, 7) is 2.84. The summed E-state index contributed by atoms with van der Waals surface area (Å²) in [5.41, 5.74) is 1.24. The van der Waals surface area contributed by atoms with E-state index in [0.29, 0.717) is 41.2 Å². The normalized spacial score (nSPS) is 10.6. The van der Waals surface area contributed by atoms with Crippen molar-refractivity contribution in [1.82, 2.24) is 20.6 Å². The summed E-state index contributed by atoms with van der Waals surface area (Å²) in [4.78, 5) is 0. The van der Waals surface area contributed by atoms with Crippen molar-refractivity contribution in [3.8, 4) is 11.5 Å². The summed E-state index contributed by atoms with van der Waals surface area (Å²) in [5.74, 6) is 1.07. The van der Waals surface area contributed by atoms with Crippen molar-refractivity contribution < 1.29 is 13.9 Å². The minimum absolute atomic E-state index is 0.00599.